The number of carboxylic acid groups (broad SMARTS) is 1. The van der Waals surface area contributed by atoms with E-state index in [-0.39, 0.29) is 11.3 Å². The first-order valence-corrected chi connectivity index (χ1v) is 9.92. The number of hydrogen-bond acceptors (Lipinski definition) is 4. The molecule has 1 spiro atoms. The first kappa shape index (κ1) is 18.3. The van der Waals surface area contributed by atoms with Gasteiger partial charge in [0.1, 0.15) is 6.04 Å². The van der Waals surface area contributed by atoms with Crippen LogP contribution in [0.1, 0.15) is 24.8 Å². The molecule has 2 heterocycles. The lowest BCUT2D eigenvalue weighted by Gasteiger charge is -2.44. The molecular formula is C21H29N3O3. The monoisotopic (exact) mass is 371 g/mol. The van der Waals surface area contributed by atoms with Crippen LogP contribution in [0.2, 0.25) is 0 Å². The van der Waals surface area contributed by atoms with Crippen molar-refractivity contribution in [2.75, 3.05) is 44.7 Å². The van der Waals surface area contributed by atoms with Crippen LogP contribution in [-0.2, 0) is 9.59 Å². The number of piperidine rings is 1. The zero-order chi connectivity index (χ0) is 19.2. The number of likely N-dealkylation sites (tertiary alicyclic amines) is 1. The number of piperazine rings is 1. The SMILES string of the molecule is Cc1cccc(N2CCN(C(=O)[C@@H]3[C@@H](C(=O)O)CC4(CC4)CN3C)CC2)c1. The zero-order valence-corrected chi connectivity index (χ0v) is 16.2. The van der Waals surface area contributed by atoms with E-state index in [4.69, 9.17) is 0 Å². The Morgan fingerprint density at radius 1 is 1.15 bits per heavy atom. The quantitative estimate of drug-likeness (QED) is 0.878. The van der Waals surface area contributed by atoms with E-state index in [1.807, 2.05) is 16.8 Å². The van der Waals surface area contributed by atoms with Gasteiger partial charge in [-0.05, 0) is 56.3 Å². The summed E-state index contributed by atoms with van der Waals surface area (Å²) in [4.78, 5) is 31.3. The molecule has 3 fully saturated rings. The summed E-state index contributed by atoms with van der Waals surface area (Å²) >= 11 is 0. The number of carboxylic acids is 1. The van der Waals surface area contributed by atoms with Gasteiger partial charge in [-0.1, -0.05) is 12.1 Å². The standard InChI is InChI=1S/C21H29N3O3/c1-15-4-3-5-16(12-15)23-8-10-24(11-9-23)19(25)18-17(20(26)27)13-21(6-7-21)14-22(18)2/h3-5,12,17-18H,6-11,13-14H2,1-2H3,(H,26,27)/t17-,18-/m0/s1. The van der Waals surface area contributed by atoms with E-state index >= 15 is 0 Å². The van der Waals surface area contributed by atoms with Gasteiger partial charge in [0, 0.05) is 38.4 Å². The van der Waals surface area contributed by atoms with Crippen molar-refractivity contribution in [3.05, 3.63) is 29.8 Å². The van der Waals surface area contributed by atoms with Crippen molar-refractivity contribution in [3.63, 3.8) is 0 Å². The topological polar surface area (TPSA) is 64.1 Å². The van der Waals surface area contributed by atoms with Crippen molar-refractivity contribution in [3.8, 4) is 0 Å². The van der Waals surface area contributed by atoms with Crippen LogP contribution in [0.3, 0.4) is 0 Å². The number of hydrogen-bond donors (Lipinski definition) is 1. The number of anilines is 1. The molecule has 1 N–H and O–H groups in total. The van der Waals surface area contributed by atoms with Crippen molar-refractivity contribution < 1.29 is 14.7 Å². The van der Waals surface area contributed by atoms with Gasteiger partial charge in [0.15, 0.2) is 0 Å². The highest BCUT2D eigenvalue weighted by Gasteiger charge is 2.55. The Balaban J connectivity index is 1.43. The number of benzene rings is 1. The fourth-order valence-corrected chi connectivity index (χ4v) is 4.90. The summed E-state index contributed by atoms with van der Waals surface area (Å²) < 4.78 is 0. The van der Waals surface area contributed by atoms with Crippen molar-refractivity contribution in [1.29, 1.82) is 0 Å². The Morgan fingerprint density at radius 2 is 1.85 bits per heavy atom. The highest BCUT2D eigenvalue weighted by molar-refractivity contribution is 5.88. The first-order chi connectivity index (χ1) is 12.9. The Morgan fingerprint density at radius 3 is 2.44 bits per heavy atom. The normalized spacial score (nSPS) is 27.6. The highest BCUT2D eigenvalue weighted by Crippen LogP contribution is 2.54. The lowest BCUT2D eigenvalue weighted by atomic mass is 9.80. The summed E-state index contributed by atoms with van der Waals surface area (Å²) in [5, 5.41) is 9.74. The Kier molecular flexibility index (Phi) is 4.62. The third kappa shape index (κ3) is 3.55. The second-order valence-electron chi connectivity index (χ2n) is 8.66. The summed E-state index contributed by atoms with van der Waals surface area (Å²) in [5.74, 6) is -1.43. The molecular weight excluding hydrogens is 342 g/mol. The average molecular weight is 371 g/mol. The van der Waals surface area contributed by atoms with E-state index in [0.29, 0.717) is 19.5 Å². The second-order valence-corrected chi connectivity index (χ2v) is 8.66. The highest BCUT2D eigenvalue weighted by atomic mass is 16.4. The van der Waals surface area contributed by atoms with Gasteiger partial charge < -0.3 is 14.9 Å². The number of aliphatic carboxylic acids is 1. The van der Waals surface area contributed by atoms with Gasteiger partial charge in [-0.15, -0.1) is 0 Å². The molecule has 2 saturated heterocycles. The van der Waals surface area contributed by atoms with Crippen LogP contribution in [-0.4, -0.2) is 72.6 Å². The van der Waals surface area contributed by atoms with Gasteiger partial charge in [0.05, 0.1) is 5.92 Å². The van der Waals surface area contributed by atoms with E-state index in [1.165, 1.54) is 11.3 Å². The van der Waals surface area contributed by atoms with Gasteiger partial charge in [-0.3, -0.25) is 14.5 Å². The summed E-state index contributed by atoms with van der Waals surface area (Å²) in [6, 6.07) is 7.89. The minimum Gasteiger partial charge on any atom is -0.481 e. The van der Waals surface area contributed by atoms with E-state index < -0.39 is 17.9 Å². The predicted octanol–water partition coefficient (Wildman–Crippen LogP) is 1.83. The summed E-state index contributed by atoms with van der Waals surface area (Å²) in [6.45, 7) is 5.79. The summed E-state index contributed by atoms with van der Waals surface area (Å²) in [5.41, 5.74) is 2.57. The molecule has 0 aromatic heterocycles. The smallest absolute Gasteiger partial charge is 0.308 e. The van der Waals surface area contributed by atoms with Crippen molar-refractivity contribution in [2.24, 2.45) is 11.3 Å². The average Bonchev–Trinajstić information content (AvgIpc) is 3.39. The predicted molar refractivity (Wildman–Crippen MR) is 104 cm³/mol. The van der Waals surface area contributed by atoms with E-state index in [1.54, 1.807) is 0 Å². The van der Waals surface area contributed by atoms with Crippen LogP contribution in [0.25, 0.3) is 0 Å². The molecule has 6 heteroatoms. The van der Waals surface area contributed by atoms with E-state index in [0.717, 1.165) is 32.5 Å². The number of carbonyl (C=O) groups excluding carboxylic acids is 1. The van der Waals surface area contributed by atoms with Crippen LogP contribution >= 0.6 is 0 Å². The van der Waals surface area contributed by atoms with Crippen molar-refractivity contribution >= 4 is 17.6 Å². The van der Waals surface area contributed by atoms with Crippen LogP contribution in [0.15, 0.2) is 24.3 Å². The van der Waals surface area contributed by atoms with E-state index in [9.17, 15) is 14.7 Å². The fourth-order valence-electron chi connectivity index (χ4n) is 4.90. The number of carbonyl (C=O) groups is 2. The maximum atomic E-state index is 13.2. The number of rotatable bonds is 3. The molecule has 6 nitrogen and oxygen atoms in total. The Labute approximate surface area is 160 Å². The molecule has 3 aliphatic rings. The number of nitrogens with zero attached hydrogens (tertiary/aromatic N) is 3. The summed E-state index contributed by atoms with van der Waals surface area (Å²) in [7, 11) is 1.92. The van der Waals surface area contributed by atoms with Crippen LogP contribution in [0.5, 0.6) is 0 Å². The lowest BCUT2D eigenvalue weighted by molar-refractivity contribution is -0.156. The third-order valence-corrected chi connectivity index (χ3v) is 6.58. The molecule has 1 saturated carbocycles. The Hall–Kier alpha value is -2.08. The van der Waals surface area contributed by atoms with Gasteiger partial charge >= 0.3 is 5.97 Å². The molecule has 0 unspecified atom stereocenters. The van der Waals surface area contributed by atoms with Gasteiger partial charge in [0.25, 0.3) is 0 Å². The van der Waals surface area contributed by atoms with Gasteiger partial charge in [-0.2, -0.15) is 0 Å². The number of amides is 1. The van der Waals surface area contributed by atoms with Gasteiger partial charge in [-0.25, -0.2) is 0 Å². The minimum absolute atomic E-state index is 0.00991. The minimum atomic E-state index is -0.829. The maximum Gasteiger partial charge on any atom is 0.308 e. The molecule has 146 valence electrons. The van der Waals surface area contributed by atoms with Crippen molar-refractivity contribution in [1.82, 2.24) is 9.80 Å². The molecule has 0 radical (unpaired) electrons. The lowest BCUT2D eigenvalue weighted by Crippen LogP contribution is -2.60. The molecule has 1 aromatic carbocycles. The maximum absolute atomic E-state index is 13.2. The molecule has 2 atom stereocenters. The first-order valence-electron chi connectivity index (χ1n) is 9.92. The largest absolute Gasteiger partial charge is 0.481 e. The van der Waals surface area contributed by atoms with E-state index in [2.05, 4.69) is 36.1 Å². The second kappa shape index (κ2) is 6.82. The molecule has 2 aliphatic heterocycles. The van der Waals surface area contributed by atoms with Crippen LogP contribution < -0.4 is 4.90 Å². The zero-order valence-electron chi connectivity index (χ0n) is 16.2. The van der Waals surface area contributed by atoms with Crippen molar-refractivity contribution in [2.45, 2.75) is 32.2 Å². The fraction of sp³-hybridized carbons (Fsp3) is 0.619. The summed E-state index contributed by atoms with van der Waals surface area (Å²) in [6.07, 6.45) is 2.83. The molecule has 1 aromatic rings. The molecule has 1 amide bonds. The molecule has 1 aliphatic carbocycles. The molecule has 0 bridgehead atoms. The molecule has 27 heavy (non-hydrogen) atoms. The van der Waals surface area contributed by atoms with Gasteiger partial charge in [0.2, 0.25) is 5.91 Å². The van der Waals surface area contributed by atoms with Crippen LogP contribution in [0.4, 0.5) is 5.69 Å². The van der Waals surface area contributed by atoms with Crippen LogP contribution in [0, 0.1) is 18.3 Å². The third-order valence-electron chi connectivity index (χ3n) is 6.58. The Bertz CT molecular complexity index is 738. The molecule has 4 rings (SSSR count). The number of likely N-dealkylation sites (N-methyl/N-ethyl adjacent to an activating group) is 1. The number of aryl methyl sites for hydroxylation is 1.